The third-order valence-corrected chi connectivity index (χ3v) is 6.49. The van der Waals surface area contributed by atoms with Crippen molar-refractivity contribution in [3.05, 3.63) is 46.9 Å². The monoisotopic (exact) mass is 488 g/mol. The van der Waals surface area contributed by atoms with Crippen LogP contribution in [0.5, 0.6) is 11.6 Å². The fourth-order valence-electron chi connectivity index (χ4n) is 4.50. The number of ether oxygens (including phenoxy) is 1. The van der Waals surface area contributed by atoms with Gasteiger partial charge in [-0.05, 0) is 43.7 Å². The van der Waals surface area contributed by atoms with Crippen LogP contribution < -0.4 is 10.1 Å². The van der Waals surface area contributed by atoms with Crippen molar-refractivity contribution in [2.75, 3.05) is 13.1 Å². The molecule has 188 valence electrons. The van der Waals surface area contributed by atoms with Crippen LogP contribution in [0, 0.1) is 17.6 Å². The third kappa shape index (κ3) is 5.68. The van der Waals surface area contributed by atoms with Crippen LogP contribution in [0.25, 0.3) is 0 Å². The number of rotatable bonds is 6. The van der Waals surface area contributed by atoms with Gasteiger partial charge in [-0.1, -0.05) is 13.8 Å². The Morgan fingerprint density at radius 1 is 1.11 bits per heavy atom. The van der Waals surface area contributed by atoms with Crippen molar-refractivity contribution in [2.24, 2.45) is 5.92 Å². The molecule has 8 nitrogen and oxygen atoms in total. The zero-order valence-electron chi connectivity index (χ0n) is 19.9. The lowest BCUT2D eigenvalue weighted by Gasteiger charge is -2.35. The molecule has 4 rings (SSSR count). The minimum atomic E-state index is -0.813. The Labute approximate surface area is 202 Å². The number of benzene rings is 1. The highest BCUT2D eigenvalue weighted by atomic mass is 19.1. The summed E-state index contributed by atoms with van der Waals surface area (Å²) in [4.78, 5) is 36.3. The molecule has 0 radical (unpaired) electrons. The summed E-state index contributed by atoms with van der Waals surface area (Å²) in [5.41, 5.74) is 1.26. The molecule has 1 aromatic heterocycles. The van der Waals surface area contributed by atoms with Crippen LogP contribution in [0.1, 0.15) is 61.4 Å². The largest absolute Gasteiger partial charge is 0.492 e. The first kappa shape index (κ1) is 24.8. The van der Waals surface area contributed by atoms with Gasteiger partial charge in [-0.15, -0.1) is 0 Å². The number of carbonyl (C=O) groups excluding carboxylic acids is 2. The first-order chi connectivity index (χ1) is 16.7. The number of likely N-dealkylation sites (tertiary alicyclic amines) is 1. The number of piperidine rings is 1. The van der Waals surface area contributed by atoms with E-state index in [-0.39, 0.29) is 29.4 Å². The highest BCUT2D eigenvalue weighted by Crippen LogP contribution is 2.25. The number of aryl methyl sites for hydroxylation is 2. The molecule has 1 aromatic carbocycles. The minimum Gasteiger partial charge on any atom is -0.492 e. The van der Waals surface area contributed by atoms with Crippen molar-refractivity contribution < 1.29 is 28.2 Å². The number of nitrogens with one attached hydrogen (secondary N) is 1. The van der Waals surface area contributed by atoms with E-state index in [1.807, 2.05) is 13.8 Å². The van der Waals surface area contributed by atoms with Crippen molar-refractivity contribution in [1.29, 1.82) is 0 Å². The predicted octanol–water partition coefficient (Wildman–Crippen LogP) is 3.16. The molecule has 35 heavy (non-hydrogen) atoms. The van der Waals surface area contributed by atoms with Crippen molar-refractivity contribution in [1.82, 2.24) is 20.2 Å². The van der Waals surface area contributed by atoms with Crippen LogP contribution >= 0.6 is 0 Å². The molecule has 1 saturated heterocycles. The van der Waals surface area contributed by atoms with Gasteiger partial charge in [0, 0.05) is 32.0 Å². The summed E-state index contributed by atoms with van der Waals surface area (Å²) in [6, 6.07) is 2.35. The average molecular weight is 489 g/mol. The number of aromatic hydroxyl groups is 1. The molecular weight excluding hydrogens is 458 g/mol. The first-order valence-electron chi connectivity index (χ1n) is 12.0. The van der Waals surface area contributed by atoms with Crippen LogP contribution in [-0.2, 0) is 17.6 Å². The van der Waals surface area contributed by atoms with Crippen molar-refractivity contribution in [3.63, 3.8) is 0 Å². The van der Waals surface area contributed by atoms with Gasteiger partial charge in [-0.3, -0.25) is 9.59 Å². The molecule has 0 bridgehead atoms. The van der Waals surface area contributed by atoms with E-state index in [9.17, 15) is 23.5 Å². The van der Waals surface area contributed by atoms with Crippen LogP contribution in [-0.4, -0.2) is 57.0 Å². The smallest absolute Gasteiger partial charge is 0.276 e. The fourth-order valence-corrected chi connectivity index (χ4v) is 4.50. The Morgan fingerprint density at radius 3 is 2.40 bits per heavy atom. The van der Waals surface area contributed by atoms with Crippen LogP contribution in [0.15, 0.2) is 18.2 Å². The number of hydrogen-bond acceptors (Lipinski definition) is 6. The Balaban J connectivity index is 1.38. The minimum absolute atomic E-state index is 0.0190. The van der Waals surface area contributed by atoms with Gasteiger partial charge in [-0.2, -0.15) is 0 Å². The van der Waals surface area contributed by atoms with Crippen LogP contribution in [0.3, 0.4) is 0 Å². The molecule has 2 N–H and O–H groups in total. The maximum Gasteiger partial charge on any atom is 0.276 e. The lowest BCUT2D eigenvalue weighted by molar-refractivity contribution is -0.136. The van der Waals surface area contributed by atoms with Gasteiger partial charge in [-0.25, -0.2) is 18.7 Å². The molecular formula is C25H30F2N4O4. The first-order valence-corrected chi connectivity index (χ1v) is 12.0. The zero-order valence-corrected chi connectivity index (χ0v) is 19.9. The van der Waals surface area contributed by atoms with E-state index in [1.165, 1.54) is 6.07 Å². The summed E-state index contributed by atoms with van der Waals surface area (Å²) in [5, 5.41) is 13.0. The lowest BCUT2D eigenvalue weighted by atomic mass is 9.99. The van der Waals surface area contributed by atoms with Gasteiger partial charge in [0.15, 0.2) is 17.3 Å². The Bertz CT molecular complexity index is 1100. The van der Waals surface area contributed by atoms with Crippen molar-refractivity contribution >= 4 is 11.8 Å². The number of fused-ring (bicyclic) bond motifs is 1. The maximum absolute atomic E-state index is 13.9. The standard InChI is InChI=1S/C25H30F2N4O4/c1-14(2)21(30-24(33)22-23(32)29-19-6-4-3-5-18(19)28-22)25(34)31-11-9-16(10-12-31)35-20-8-7-15(26)13-17(20)27/h7-8,13-14,16,21H,3-6,9-12H2,1-2H3,(H,29,32)(H,30,33)/t21-/m0/s1. The molecule has 0 saturated carbocycles. The van der Waals surface area contributed by atoms with E-state index >= 15 is 0 Å². The molecule has 0 spiro atoms. The summed E-state index contributed by atoms with van der Waals surface area (Å²) >= 11 is 0. The molecule has 1 atom stereocenters. The van der Waals surface area contributed by atoms with E-state index in [1.54, 1.807) is 4.90 Å². The van der Waals surface area contributed by atoms with E-state index in [2.05, 4.69) is 15.3 Å². The molecule has 1 aliphatic heterocycles. The Kier molecular flexibility index (Phi) is 7.47. The molecule has 10 heteroatoms. The second-order valence-corrected chi connectivity index (χ2v) is 9.41. The molecule has 1 aliphatic carbocycles. The molecule has 2 aromatic rings. The zero-order chi connectivity index (χ0) is 25.1. The Hall–Kier alpha value is -3.30. The fraction of sp³-hybridized carbons (Fsp3) is 0.520. The number of amides is 2. The molecule has 1 fully saturated rings. The lowest BCUT2D eigenvalue weighted by Crippen LogP contribution is -2.53. The predicted molar refractivity (Wildman–Crippen MR) is 123 cm³/mol. The van der Waals surface area contributed by atoms with E-state index < -0.39 is 29.5 Å². The molecule has 2 aliphatic rings. The van der Waals surface area contributed by atoms with Crippen LogP contribution in [0.4, 0.5) is 8.78 Å². The normalized spacial score (nSPS) is 17.1. The van der Waals surface area contributed by atoms with Gasteiger partial charge in [0.25, 0.3) is 5.91 Å². The number of nitrogens with zero attached hydrogens (tertiary/aromatic N) is 3. The highest BCUT2D eigenvalue weighted by molar-refractivity contribution is 5.97. The number of aromatic nitrogens is 2. The van der Waals surface area contributed by atoms with Gasteiger partial charge >= 0.3 is 0 Å². The second-order valence-electron chi connectivity index (χ2n) is 9.41. The van der Waals surface area contributed by atoms with Crippen molar-refractivity contribution in [3.8, 4) is 11.6 Å². The quantitative estimate of drug-likeness (QED) is 0.647. The van der Waals surface area contributed by atoms with E-state index in [0.29, 0.717) is 43.7 Å². The Morgan fingerprint density at radius 2 is 1.77 bits per heavy atom. The van der Waals surface area contributed by atoms with Gasteiger partial charge < -0.3 is 20.1 Å². The van der Waals surface area contributed by atoms with Crippen LogP contribution in [0.2, 0.25) is 0 Å². The SMILES string of the molecule is CC(C)[C@H](NC(=O)c1nc2c(nc1O)CCCC2)C(=O)N1CCC(Oc2ccc(F)cc2F)CC1. The van der Waals surface area contributed by atoms with E-state index in [0.717, 1.165) is 31.4 Å². The number of hydrogen-bond donors (Lipinski definition) is 2. The van der Waals surface area contributed by atoms with Crippen molar-refractivity contribution in [2.45, 2.75) is 64.5 Å². The molecule has 0 unspecified atom stereocenters. The average Bonchev–Trinajstić information content (AvgIpc) is 2.83. The number of halogens is 2. The highest BCUT2D eigenvalue weighted by Gasteiger charge is 2.33. The topological polar surface area (TPSA) is 105 Å². The summed E-state index contributed by atoms with van der Waals surface area (Å²) in [6.07, 6.45) is 3.98. The van der Waals surface area contributed by atoms with Gasteiger partial charge in [0.1, 0.15) is 18.0 Å². The summed E-state index contributed by atoms with van der Waals surface area (Å²) in [7, 11) is 0. The molecule has 2 amide bonds. The molecule has 2 heterocycles. The summed E-state index contributed by atoms with van der Waals surface area (Å²) < 4.78 is 32.7. The third-order valence-electron chi connectivity index (χ3n) is 6.49. The van der Waals surface area contributed by atoms with E-state index in [4.69, 9.17) is 4.74 Å². The van der Waals surface area contributed by atoms with Gasteiger partial charge in [0.2, 0.25) is 11.8 Å². The maximum atomic E-state index is 13.9. The summed E-state index contributed by atoms with van der Waals surface area (Å²) in [6.45, 7) is 4.40. The van der Waals surface area contributed by atoms with Gasteiger partial charge in [0.05, 0.1) is 11.4 Å². The summed E-state index contributed by atoms with van der Waals surface area (Å²) in [5.74, 6) is -2.98. The second kappa shape index (κ2) is 10.5. The number of carbonyl (C=O) groups is 2.